The molecule has 0 unspecified atom stereocenters. The van der Waals surface area contributed by atoms with Gasteiger partial charge in [-0.2, -0.15) is 0 Å². The molecule has 0 bridgehead atoms. The van der Waals surface area contributed by atoms with E-state index < -0.39 is 11.9 Å². The maximum atomic E-state index is 11.0. The van der Waals surface area contributed by atoms with E-state index in [0.717, 1.165) is 24.5 Å². The number of benzene rings is 2. The van der Waals surface area contributed by atoms with Crippen LogP contribution in [0.2, 0.25) is 5.02 Å². The first-order valence-corrected chi connectivity index (χ1v) is 9.97. The molecule has 2 aromatic carbocycles. The number of rotatable bonds is 3. The monoisotopic (exact) mass is 431 g/mol. The van der Waals surface area contributed by atoms with E-state index in [-0.39, 0.29) is 22.8 Å². The lowest BCUT2D eigenvalue weighted by atomic mass is 9.96. The first-order chi connectivity index (χ1) is 14.2. The fraction of sp³-hybridized carbons (Fsp3) is 0.318. The second-order valence-corrected chi connectivity index (χ2v) is 7.53. The lowest BCUT2D eigenvalue weighted by molar-refractivity contribution is -0.115. The average Bonchev–Trinajstić information content (AvgIpc) is 2.84. The molecule has 8 heteroatoms. The van der Waals surface area contributed by atoms with Gasteiger partial charge in [0, 0.05) is 25.4 Å². The van der Waals surface area contributed by atoms with E-state index in [1.807, 2.05) is 6.07 Å². The molecule has 0 saturated heterocycles. The van der Waals surface area contributed by atoms with Crippen molar-refractivity contribution in [2.45, 2.75) is 33.1 Å². The van der Waals surface area contributed by atoms with Crippen LogP contribution in [0.4, 0.5) is 11.4 Å². The van der Waals surface area contributed by atoms with Crippen molar-refractivity contribution < 1.29 is 19.5 Å². The zero-order valence-corrected chi connectivity index (χ0v) is 18.0. The predicted molar refractivity (Wildman–Crippen MR) is 118 cm³/mol. The molecule has 1 aliphatic rings. The maximum Gasteiger partial charge on any atom is 0.337 e. The third-order valence-corrected chi connectivity index (χ3v) is 4.80. The number of carbonyl (C=O) groups excluding carboxylic acids is 2. The first kappa shape index (κ1) is 23.4. The van der Waals surface area contributed by atoms with E-state index in [9.17, 15) is 14.4 Å². The predicted octanol–water partition coefficient (Wildman–Crippen LogP) is 3.89. The van der Waals surface area contributed by atoms with E-state index in [4.69, 9.17) is 16.7 Å². The van der Waals surface area contributed by atoms with Gasteiger partial charge in [0.15, 0.2) is 0 Å². The lowest BCUT2D eigenvalue weighted by Gasteiger charge is -2.12. The molecule has 160 valence electrons. The Morgan fingerprint density at radius 2 is 1.80 bits per heavy atom. The van der Waals surface area contributed by atoms with E-state index >= 15 is 0 Å². The highest BCUT2D eigenvalue weighted by molar-refractivity contribution is 6.30. The van der Waals surface area contributed by atoms with E-state index in [2.05, 4.69) is 35.0 Å². The fourth-order valence-corrected chi connectivity index (χ4v) is 3.42. The minimum atomic E-state index is -1.18. The number of carboxylic acid groups (broad SMARTS) is 1. The van der Waals surface area contributed by atoms with Crippen LogP contribution < -0.4 is 16.0 Å². The largest absolute Gasteiger partial charge is 0.478 e. The quantitative estimate of drug-likeness (QED) is 0.589. The average molecular weight is 432 g/mol. The number of halogens is 1. The summed E-state index contributed by atoms with van der Waals surface area (Å²) in [6, 6.07) is 10.6. The van der Waals surface area contributed by atoms with Gasteiger partial charge in [0.2, 0.25) is 11.8 Å². The molecular formula is C22H26ClN3O4. The van der Waals surface area contributed by atoms with Crippen LogP contribution in [-0.2, 0) is 16.0 Å². The van der Waals surface area contributed by atoms with E-state index in [1.54, 1.807) is 0 Å². The summed E-state index contributed by atoms with van der Waals surface area (Å²) in [4.78, 5) is 32.9. The number of anilines is 2. The summed E-state index contributed by atoms with van der Waals surface area (Å²) in [6.45, 7) is 6.95. The maximum absolute atomic E-state index is 11.0. The lowest BCUT2D eigenvalue weighted by Crippen LogP contribution is -2.18. The molecule has 2 amide bonds. The Balaban J connectivity index is 0.000000220. The number of aromatic carboxylic acids is 1. The summed E-state index contributed by atoms with van der Waals surface area (Å²) in [5.74, 6) is -1.36. The number of para-hydroxylation sites is 1. The molecule has 0 radical (unpaired) electrons. The third kappa shape index (κ3) is 6.57. The molecule has 0 aromatic heterocycles. The molecule has 3 rings (SSSR count). The number of hydrogen-bond acceptors (Lipinski definition) is 4. The third-order valence-electron chi connectivity index (χ3n) is 4.57. The Labute approximate surface area is 180 Å². The minimum absolute atomic E-state index is 0.0774. The molecule has 1 atom stereocenters. The van der Waals surface area contributed by atoms with Crippen LogP contribution in [-0.4, -0.2) is 36.0 Å². The van der Waals surface area contributed by atoms with Gasteiger partial charge in [-0.15, -0.1) is 0 Å². The van der Waals surface area contributed by atoms with Gasteiger partial charge in [0.25, 0.3) is 0 Å². The van der Waals surface area contributed by atoms with Gasteiger partial charge in [0.05, 0.1) is 16.9 Å². The number of amides is 2. The van der Waals surface area contributed by atoms with Crippen LogP contribution in [0.1, 0.15) is 48.2 Å². The van der Waals surface area contributed by atoms with Crippen LogP contribution in [0.15, 0.2) is 36.4 Å². The zero-order chi connectivity index (χ0) is 22.3. The summed E-state index contributed by atoms with van der Waals surface area (Å²) in [5.41, 5.74) is 3.13. The molecular weight excluding hydrogens is 406 g/mol. The first-order valence-electron chi connectivity index (χ1n) is 9.59. The highest BCUT2D eigenvalue weighted by atomic mass is 35.5. The Bertz CT molecular complexity index is 946. The Morgan fingerprint density at radius 3 is 2.43 bits per heavy atom. The molecule has 0 aliphatic carbocycles. The van der Waals surface area contributed by atoms with Gasteiger partial charge in [0.1, 0.15) is 0 Å². The summed E-state index contributed by atoms with van der Waals surface area (Å²) < 4.78 is 0. The van der Waals surface area contributed by atoms with Crippen molar-refractivity contribution in [3.63, 3.8) is 0 Å². The van der Waals surface area contributed by atoms with E-state index in [0.29, 0.717) is 5.92 Å². The Hall–Kier alpha value is -2.90. The smallest absolute Gasteiger partial charge is 0.337 e. The molecule has 30 heavy (non-hydrogen) atoms. The van der Waals surface area contributed by atoms with Gasteiger partial charge < -0.3 is 21.1 Å². The van der Waals surface area contributed by atoms with E-state index in [1.165, 1.54) is 43.2 Å². The summed E-state index contributed by atoms with van der Waals surface area (Å²) in [5, 5.41) is 18.1. The molecule has 7 nitrogen and oxygen atoms in total. The van der Waals surface area contributed by atoms with Crippen LogP contribution in [0, 0.1) is 0 Å². The molecule has 2 aromatic rings. The summed E-state index contributed by atoms with van der Waals surface area (Å²) in [6.07, 6.45) is 1.12. The van der Waals surface area contributed by atoms with Crippen molar-refractivity contribution in [3.05, 3.63) is 58.1 Å². The summed E-state index contributed by atoms with van der Waals surface area (Å²) in [7, 11) is 0. The minimum Gasteiger partial charge on any atom is -0.478 e. The van der Waals surface area contributed by atoms with Crippen LogP contribution in [0.3, 0.4) is 0 Å². The number of nitrogens with one attached hydrogen (secondary N) is 3. The SMILES string of the molecule is CC(=O)Nc1cccc(C(=O)O)c1NC(C)=O.C[C@H]1CNCCc2ccc(Cl)cc21. The molecule has 0 saturated carbocycles. The second-order valence-electron chi connectivity index (χ2n) is 7.09. The van der Waals surface area contributed by atoms with Gasteiger partial charge >= 0.3 is 5.97 Å². The van der Waals surface area contributed by atoms with Crippen LogP contribution in [0.25, 0.3) is 0 Å². The van der Waals surface area contributed by atoms with Crippen LogP contribution >= 0.6 is 11.6 Å². The second kappa shape index (κ2) is 10.8. The molecule has 0 fully saturated rings. The number of fused-ring (bicyclic) bond motifs is 1. The summed E-state index contributed by atoms with van der Waals surface area (Å²) >= 11 is 5.97. The van der Waals surface area contributed by atoms with Gasteiger partial charge in [-0.1, -0.05) is 30.7 Å². The fourth-order valence-electron chi connectivity index (χ4n) is 3.24. The van der Waals surface area contributed by atoms with Gasteiger partial charge in [-0.05, 0) is 54.3 Å². The van der Waals surface area contributed by atoms with Crippen molar-refractivity contribution in [3.8, 4) is 0 Å². The van der Waals surface area contributed by atoms with Crippen molar-refractivity contribution in [1.82, 2.24) is 5.32 Å². The van der Waals surface area contributed by atoms with Crippen molar-refractivity contribution in [2.75, 3.05) is 23.7 Å². The highest BCUT2D eigenvalue weighted by Crippen LogP contribution is 2.27. The molecule has 1 heterocycles. The molecule has 4 N–H and O–H groups in total. The Kier molecular flexibility index (Phi) is 8.38. The van der Waals surface area contributed by atoms with Crippen molar-refractivity contribution in [1.29, 1.82) is 0 Å². The van der Waals surface area contributed by atoms with Crippen molar-refractivity contribution in [2.24, 2.45) is 0 Å². The highest BCUT2D eigenvalue weighted by Gasteiger charge is 2.16. The standard InChI is InChI=1S/C11H14ClN.C11H12N2O4/c1-8-7-13-5-4-9-2-3-10(12)6-11(8)9;1-6(14)12-9-5-3-4-8(11(16)17)10(9)13-7(2)15/h2-3,6,8,13H,4-5,7H2,1H3;3-5H,1-2H3,(H,12,14)(H,13,15)(H,16,17)/t8-;/m0./s1. The number of carbonyl (C=O) groups is 3. The zero-order valence-electron chi connectivity index (χ0n) is 17.2. The molecule has 1 aliphatic heterocycles. The van der Waals surface area contributed by atoms with Crippen molar-refractivity contribution >= 4 is 40.8 Å². The van der Waals surface area contributed by atoms with Crippen LogP contribution in [0.5, 0.6) is 0 Å². The number of hydrogen-bond donors (Lipinski definition) is 4. The van der Waals surface area contributed by atoms with Gasteiger partial charge in [-0.25, -0.2) is 4.79 Å². The topological polar surface area (TPSA) is 108 Å². The van der Waals surface area contributed by atoms with Gasteiger partial charge in [-0.3, -0.25) is 9.59 Å². The Morgan fingerprint density at radius 1 is 1.10 bits per heavy atom. The molecule has 0 spiro atoms. The number of carboxylic acids is 1. The normalized spacial score (nSPS) is 15.0.